The number of sulfonamides is 1. The van der Waals surface area contributed by atoms with Crippen molar-refractivity contribution in [3.05, 3.63) is 40.4 Å². The lowest BCUT2D eigenvalue weighted by Gasteiger charge is -2.09. The van der Waals surface area contributed by atoms with Crippen molar-refractivity contribution in [2.45, 2.75) is 13.5 Å². The Morgan fingerprint density at radius 1 is 1.25 bits per heavy atom. The van der Waals surface area contributed by atoms with Gasteiger partial charge < -0.3 is 16.2 Å². The van der Waals surface area contributed by atoms with Gasteiger partial charge in [0.1, 0.15) is 5.75 Å². The Morgan fingerprint density at radius 3 is 2.20 bits per heavy atom. The van der Waals surface area contributed by atoms with Crippen LogP contribution in [0.2, 0.25) is 0 Å². The third kappa shape index (κ3) is 3.97. The number of nitrogens with two attached hydrogens (primary N) is 2. The molecule has 0 atom stereocenters. The van der Waals surface area contributed by atoms with Gasteiger partial charge in [-0.3, -0.25) is 4.79 Å². The summed E-state index contributed by atoms with van der Waals surface area (Å²) in [5, 5.41) is 0. The number of ether oxygens (including phenoxy) is 1. The first kappa shape index (κ1) is 16.0. The zero-order valence-electron chi connectivity index (χ0n) is 11.2. The van der Waals surface area contributed by atoms with Crippen LogP contribution in [0.15, 0.2) is 34.9 Å². The molecule has 0 aliphatic rings. The molecule has 7 nitrogen and oxygen atoms in total. The van der Waals surface area contributed by atoms with Gasteiger partial charge in [-0.15, -0.1) is 0 Å². The summed E-state index contributed by atoms with van der Waals surface area (Å²) >= 11 is 0. The summed E-state index contributed by atoms with van der Waals surface area (Å²) < 4.78 is 31.1. The number of amides is 1. The number of allylic oxidation sites excluding steroid dienone is 1. The number of hydrogen-bond acceptors (Lipinski definition) is 5. The maximum atomic E-state index is 11.9. The summed E-state index contributed by atoms with van der Waals surface area (Å²) in [4.78, 5) is 10.5. The highest BCUT2D eigenvalue weighted by Gasteiger charge is 2.24. The molecule has 1 aromatic rings. The molecular weight excluding hydrogens is 282 g/mol. The van der Waals surface area contributed by atoms with E-state index in [9.17, 15) is 13.2 Å². The molecule has 0 unspecified atom stereocenters. The number of carbonyl (C=O) groups excluding carboxylic acids is 1. The van der Waals surface area contributed by atoms with Crippen molar-refractivity contribution < 1.29 is 17.9 Å². The fourth-order valence-corrected chi connectivity index (χ4v) is 2.72. The van der Waals surface area contributed by atoms with Crippen molar-refractivity contribution in [1.29, 1.82) is 0 Å². The lowest BCUT2D eigenvalue weighted by Crippen LogP contribution is -2.33. The Labute approximate surface area is 117 Å². The molecule has 0 radical (unpaired) electrons. The van der Waals surface area contributed by atoms with E-state index in [2.05, 4.69) is 4.72 Å². The maximum absolute atomic E-state index is 11.9. The van der Waals surface area contributed by atoms with E-state index < -0.39 is 20.8 Å². The van der Waals surface area contributed by atoms with E-state index in [1.165, 1.54) is 14.0 Å². The fraction of sp³-hybridized carbons (Fsp3) is 0.250. The van der Waals surface area contributed by atoms with Crippen LogP contribution in [-0.4, -0.2) is 21.4 Å². The first-order valence-electron chi connectivity index (χ1n) is 5.66. The quantitative estimate of drug-likeness (QED) is 0.627. The molecule has 0 heterocycles. The van der Waals surface area contributed by atoms with E-state index in [4.69, 9.17) is 16.2 Å². The summed E-state index contributed by atoms with van der Waals surface area (Å²) in [6.07, 6.45) is 0. The highest BCUT2D eigenvalue weighted by Crippen LogP contribution is 2.12. The van der Waals surface area contributed by atoms with Gasteiger partial charge in [-0.1, -0.05) is 12.1 Å². The monoisotopic (exact) mass is 299 g/mol. The molecule has 0 aromatic heterocycles. The lowest BCUT2D eigenvalue weighted by molar-refractivity contribution is -0.114. The van der Waals surface area contributed by atoms with Crippen LogP contribution in [0.5, 0.6) is 5.75 Å². The zero-order valence-corrected chi connectivity index (χ0v) is 12.0. The van der Waals surface area contributed by atoms with Crippen LogP contribution >= 0.6 is 0 Å². The van der Waals surface area contributed by atoms with Crippen molar-refractivity contribution >= 4 is 15.9 Å². The van der Waals surface area contributed by atoms with Crippen molar-refractivity contribution in [3.8, 4) is 5.75 Å². The number of carbonyl (C=O) groups is 1. The summed E-state index contributed by atoms with van der Waals surface area (Å²) in [6, 6.07) is 6.79. The molecule has 0 bridgehead atoms. The Morgan fingerprint density at radius 2 is 1.80 bits per heavy atom. The second kappa shape index (κ2) is 6.40. The summed E-state index contributed by atoms with van der Waals surface area (Å²) in [7, 11) is -2.50. The third-order valence-corrected chi connectivity index (χ3v) is 4.06. The van der Waals surface area contributed by atoms with E-state index in [0.717, 1.165) is 0 Å². The normalized spacial score (nSPS) is 12.7. The molecule has 110 valence electrons. The van der Waals surface area contributed by atoms with Crippen LogP contribution in [0.3, 0.4) is 0 Å². The van der Waals surface area contributed by atoms with Crippen LogP contribution in [0.25, 0.3) is 0 Å². The van der Waals surface area contributed by atoms with Gasteiger partial charge in [0.15, 0.2) is 4.91 Å². The molecule has 8 heteroatoms. The topological polar surface area (TPSA) is 125 Å². The van der Waals surface area contributed by atoms with Crippen molar-refractivity contribution in [3.63, 3.8) is 0 Å². The molecule has 0 spiro atoms. The number of benzene rings is 1. The molecule has 5 N–H and O–H groups in total. The van der Waals surface area contributed by atoms with Gasteiger partial charge in [-0.05, 0) is 24.6 Å². The van der Waals surface area contributed by atoms with Crippen LogP contribution in [0, 0.1) is 0 Å². The predicted octanol–water partition coefficient (Wildman–Crippen LogP) is -0.210. The smallest absolute Gasteiger partial charge is 0.263 e. The van der Waals surface area contributed by atoms with Gasteiger partial charge >= 0.3 is 0 Å². The Kier molecular flexibility index (Phi) is 5.12. The SMILES string of the molecule is COc1ccc(CNS(=O)(=O)/C(C(N)=O)=C(\C)N)cc1. The Hall–Kier alpha value is -2.06. The number of nitrogens with one attached hydrogen (secondary N) is 1. The van der Waals surface area contributed by atoms with E-state index >= 15 is 0 Å². The summed E-state index contributed by atoms with van der Waals surface area (Å²) in [6.45, 7) is 1.31. The molecular formula is C12H17N3O4S. The van der Waals surface area contributed by atoms with Crippen LogP contribution in [-0.2, 0) is 21.4 Å². The first-order chi connectivity index (χ1) is 9.27. The molecule has 20 heavy (non-hydrogen) atoms. The molecule has 0 saturated heterocycles. The molecule has 0 saturated carbocycles. The minimum absolute atomic E-state index is 0.0103. The summed E-state index contributed by atoms with van der Waals surface area (Å²) in [5.41, 5.74) is 10.9. The minimum atomic E-state index is -4.04. The van der Waals surface area contributed by atoms with Gasteiger partial charge in [0.25, 0.3) is 5.91 Å². The summed E-state index contributed by atoms with van der Waals surface area (Å²) in [5.74, 6) is -0.431. The zero-order chi connectivity index (χ0) is 15.3. The number of hydrogen-bond donors (Lipinski definition) is 3. The van der Waals surface area contributed by atoms with Gasteiger partial charge in [0.05, 0.1) is 7.11 Å². The molecule has 0 aliphatic carbocycles. The maximum Gasteiger partial charge on any atom is 0.263 e. The Balaban J connectivity index is 2.87. The Bertz CT molecular complexity index is 617. The predicted molar refractivity (Wildman–Crippen MR) is 74.8 cm³/mol. The highest BCUT2D eigenvalue weighted by atomic mass is 32.2. The number of methoxy groups -OCH3 is 1. The second-order valence-electron chi connectivity index (χ2n) is 4.05. The average molecular weight is 299 g/mol. The van der Waals surface area contributed by atoms with E-state index in [-0.39, 0.29) is 12.2 Å². The first-order valence-corrected chi connectivity index (χ1v) is 7.15. The molecule has 0 aliphatic heterocycles. The highest BCUT2D eigenvalue weighted by molar-refractivity contribution is 7.94. The van der Waals surface area contributed by atoms with Crippen molar-refractivity contribution in [1.82, 2.24) is 4.72 Å². The third-order valence-electron chi connectivity index (χ3n) is 2.48. The van der Waals surface area contributed by atoms with Crippen molar-refractivity contribution in [2.75, 3.05) is 7.11 Å². The average Bonchev–Trinajstić information content (AvgIpc) is 2.35. The lowest BCUT2D eigenvalue weighted by atomic mass is 10.2. The number of primary amides is 1. The van der Waals surface area contributed by atoms with Gasteiger partial charge in [0, 0.05) is 12.2 Å². The van der Waals surface area contributed by atoms with Gasteiger partial charge in [-0.25, -0.2) is 13.1 Å². The standard InChI is InChI=1S/C12H17N3O4S/c1-8(13)11(12(14)16)20(17,18)15-7-9-3-5-10(19-2)6-4-9/h3-6,15H,7,13H2,1-2H3,(H2,14,16)/b11-8+. The van der Waals surface area contributed by atoms with Gasteiger partial charge in [0.2, 0.25) is 10.0 Å². The molecule has 1 aromatic carbocycles. The fourth-order valence-electron chi connectivity index (χ4n) is 1.53. The molecule has 1 amide bonds. The molecule has 1 rings (SSSR count). The molecule has 0 fully saturated rings. The van der Waals surface area contributed by atoms with E-state index in [1.807, 2.05) is 0 Å². The largest absolute Gasteiger partial charge is 0.497 e. The van der Waals surface area contributed by atoms with Crippen LogP contribution in [0.1, 0.15) is 12.5 Å². The van der Waals surface area contributed by atoms with Crippen molar-refractivity contribution in [2.24, 2.45) is 11.5 Å². The number of rotatable bonds is 6. The van der Waals surface area contributed by atoms with Crippen LogP contribution in [0.4, 0.5) is 0 Å². The minimum Gasteiger partial charge on any atom is -0.497 e. The van der Waals surface area contributed by atoms with E-state index in [0.29, 0.717) is 11.3 Å². The van der Waals surface area contributed by atoms with Crippen LogP contribution < -0.4 is 20.9 Å². The second-order valence-corrected chi connectivity index (χ2v) is 5.75. The van der Waals surface area contributed by atoms with Gasteiger partial charge in [-0.2, -0.15) is 0 Å². The van der Waals surface area contributed by atoms with E-state index in [1.54, 1.807) is 24.3 Å².